The smallest absolute Gasteiger partial charge is 0.238 e. The number of rotatable bonds is 3. The van der Waals surface area contributed by atoms with Gasteiger partial charge in [-0.25, -0.2) is 0 Å². The van der Waals surface area contributed by atoms with Gasteiger partial charge in [0, 0.05) is 39.3 Å². The van der Waals surface area contributed by atoms with E-state index in [-0.39, 0.29) is 5.82 Å². The van der Waals surface area contributed by atoms with Crippen molar-refractivity contribution in [3.8, 4) is 6.07 Å². The molecule has 118 valence electrons. The summed E-state index contributed by atoms with van der Waals surface area (Å²) in [5, 5.41) is 12.5. The van der Waals surface area contributed by atoms with E-state index in [1.165, 1.54) is 32.1 Å². The fourth-order valence-corrected chi connectivity index (χ4v) is 3.20. The molecular formula is C15H23N7. The number of anilines is 2. The first-order chi connectivity index (χ1) is 10.8. The van der Waals surface area contributed by atoms with E-state index >= 15 is 0 Å². The molecule has 0 spiro atoms. The lowest BCUT2D eigenvalue weighted by atomic mass is 9.95. The molecule has 1 saturated carbocycles. The minimum atomic E-state index is 0.209. The molecule has 22 heavy (non-hydrogen) atoms. The highest BCUT2D eigenvalue weighted by Gasteiger charge is 2.23. The van der Waals surface area contributed by atoms with Gasteiger partial charge in [0.05, 0.1) is 0 Å². The predicted octanol–water partition coefficient (Wildman–Crippen LogP) is 0.922. The summed E-state index contributed by atoms with van der Waals surface area (Å²) in [6.45, 7) is 3.56. The van der Waals surface area contributed by atoms with Crippen LogP contribution in [-0.4, -0.2) is 54.2 Å². The van der Waals surface area contributed by atoms with Gasteiger partial charge in [-0.15, -0.1) is 0 Å². The van der Waals surface area contributed by atoms with Gasteiger partial charge in [-0.3, -0.25) is 0 Å². The van der Waals surface area contributed by atoms with Crippen molar-refractivity contribution in [2.24, 2.45) is 0 Å². The van der Waals surface area contributed by atoms with Crippen molar-refractivity contribution in [2.45, 2.75) is 38.1 Å². The lowest BCUT2D eigenvalue weighted by Crippen LogP contribution is -2.44. The standard InChI is InChI=1S/C15H23N7/c1-21(12-5-3-2-4-6-12)14-18-13(11-16)19-15(20-14)22-9-7-17-8-10-22/h12,17H,2-10H2,1H3. The van der Waals surface area contributed by atoms with Crippen molar-refractivity contribution in [1.29, 1.82) is 5.26 Å². The number of nitriles is 1. The average molecular weight is 301 g/mol. The number of hydrogen-bond donors (Lipinski definition) is 1. The van der Waals surface area contributed by atoms with Gasteiger partial charge in [0.15, 0.2) is 0 Å². The molecule has 0 amide bonds. The highest BCUT2D eigenvalue weighted by Crippen LogP contribution is 2.25. The van der Waals surface area contributed by atoms with Gasteiger partial charge < -0.3 is 15.1 Å². The first-order valence-electron chi connectivity index (χ1n) is 8.12. The van der Waals surface area contributed by atoms with E-state index in [1.807, 2.05) is 7.05 Å². The Balaban J connectivity index is 1.84. The molecule has 3 rings (SSSR count). The van der Waals surface area contributed by atoms with Crippen LogP contribution >= 0.6 is 0 Å². The zero-order valence-corrected chi connectivity index (χ0v) is 13.1. The third-order valence-electron chi connectivity index (χ3n) is 4.55. The van der Waals surface area contributed by atoms with Gasteiger partial charge in [0.1, 0.15) is 6.07 Å². The van der Waals surface area contributed by atoms with Crippen LogP contribution in [0.5, 0.6) is 0 Å². The summed E-state index contributed by atoms with van der Waals surface area (Å²) in [6, 6.07) is 2.54. The van der Waals surface area contributed by atoms with Crippen LogP contribution in [0.15, 0.2) is 0 Å². The Bertz CT molecular complexity index is 541. The first-order valence-corrected chi connectivity index (χ1v) is 8.12. The number of piperazine rings is 1. The zero-order valence-electron chi connectivity index (χ0n) is 13.1. The third-order valence-corrected chi connectivity index (χ3v) is 4.55. The minimum absolute atomic E-state index is 0.209. The number of hydrogen-bond acceptors (Lipinski definition) is 7. The Hall–Kier alpha value is -1.94. The van der Waals surface area contributed by atoms with Gasteiger partial charge in [-0.2, -0.15) is 20.2 Å². The van der Waals surface area contributed by atoms with Crippen LogP contribution in [0.3, 0.4) is 0 Å². The first kappa shape index (κ1) is 15.0. The molecule has 1 aliphatic carbocycles. The SMILES string of the molecule is CN(c1nc(C#N)nc(N2CCNCC2)n1)C1CCCCC1. The van der Waals surface area contributed by atoms with Crippen LogP contribution in [0.4, 0.5) is 11.9 Å². The molecule has 0 radical (unpaired) electrons. The van der Waals surface area contributed by atoms with E-state index in [9.17, 15) is 5.26 Å². The monoisotopic (exact) mass is 301 g/mol. The van der Waals surface area contributed by atoms with Gasteiger partial charge in [0.25, 0.3) is 0 Å². The van der Waals surface area contributed by atoms with Gasteiger partial charge >= 0.3 is 0 Å². The van der Waals surface area contributed by atoms with Gasteiger partial charge in [-0.1, -0.05) is 19.3 Å². The van der Waals surface area contributed by atoms with E-state index in [2.05, 4.69) is 36.1 Å². The zero-order chi connectivity index (χ0) is 15.4. The molecule has 0 aromatic carbocycles. The summed E-state index contributed by atoms with van der Waals surface area (Å²) >= 11 is 0. The van der Waals surface area contributed by atoms with E-state index in [1.54, 1.807) is 0 Å². The van der Waals surface area contributed by atoms with Crippen LogP contribution in [0.1, 0.15) is 37.9 Å². The summed E-state index contributed by atoms with van der Waals surface area (Å²) in [6.07, 6.45) is 6.18. The second-order valence-corrected chi connectivity index (χ2v) is 6.01. The molecule has 2 aliphatic rings. The normalized spacial score (nSPS) is 19.7. The maximum absolute atomic E-state index is 9.22. The topological polar surface area (TPSA) is 81.0 Å². The van der Waals surface area contributed by atoms with Gasteiger partial charge in [-0.05, 0) is 12.8 Å². The highest BCUT2D eigenvalue weighted by atomic mass is 15.4. The van der Waals surface area contributed by atoms with Crippen molar-refractivity contribution in [3.05, 3.63) is 5.82 Å². The van der Waals surface area contributed by atoms with Crippen molar-refractivity contribution in [2.75, 3.05) is 43.0 Å². The predicted molar refractivity (Wildman–Crippen MR) is 84.9 cm³/mol. The lowest BCUT2D eigenvalue weighted by Gasteiger charge is -2.32. The van der Waals surface area contributed by atoms with Crippen LogP contribution in [0.2, 0.25) is 0 Å². The maximum atomic E-state index is 9.22. The molecule has 7 heteroatoms. The Morgan fingerprint density at radius 2 is 1.86 bits per heavy atom. The number of aromatic nitrogens is 3. The van der Waals surface area contributed by atoms with E-state index < -0.39 is 0 Å². The second kappa shape index (κ2) is 6.88. The maximum Gasteiger partial charge on any atom is 0.238 e. The van der Waals surface area contributed by atoms with Gasteiger partial charge in [0.2, 0.25) is 17.7 Å². The highest BCUT2D eigenvalue weighted by molar-refractivity contribution is 5.41. The summed E-state index contributed by atoms with van der Waals surface area (Å²) in [7, 11) is 2.04. The molecule has 1 aliphatic heterocycles. The molecule has 0 atom stereocenters. The molecule has 1 aromatic rings. The van der Waals surface area contributed by atoms with Crippen molar-refractivity contribution >= 4 is 11.9 Å². The molecule has 0 unspecified atom stereocenters. The van der Waals surface area contributed by atoms with Crippen LogP contribution in [0.25, 0.3) is 0 Å². The Labute approximate surface area is 131 Å². The van der Waals surface area contributed by atoms with Crippen LogP contribution in [0, 0.1) is 11.3 Å². The van der Waals surface area contributed by atoms with E-state index in [0.717, 1.165) is 26.2 Å². The number of nitrogens with one attached hydrogen (secondary N) is 1. The third kappa shape index (κ3) is 3.28. The Morgan fingerprint density at radius 3 is 2.55 bits per heavy atom. The molecule has 1 N–H and O–H groups in total. The van der Waals surface area contributed by atoms with E-state index in [4.69, 9.17) is 0 Å². The summed E-state index contributed by atoms with van der Waals surface area (Å²) in [4.78, 5) is 17.5. The second-order valence-electron chi connectivity index (χ2n) is 6.01. The van der Waals surface area contributed by atoms with Crippen LogP contribution < -0.4 is 15.1 Å². The Morgan fingerprint density at radius 1 is 1.14 bits per heavy atom. The van der Waals surface area contributed by atoms with E-state index in [0.29, 0.717) is 17.9 Å². The molecule has 1 saturated heterocycles. The molecule has 1 aromatic heterocycles. The summed E-state index contributed by atoms with van der Waals surface area (Å²) < 4.78 is 0. The fraction of sp³-hybridized carbons (Fsp3) is 0.733. The average Bonchev–Trinajstić information content (AvgIpc) is 2.62. The summed E-state index contributed by atoms with van der Waals surface area (Å²) in [5.41, 5.74) is 0. The molecule has 2 heterocycles. The quantitative estimate of drug-likeness (QED) is 0.889. The fourth-order valence-electron chi connectivity index (χ4n) is 3.20. The molecule has 2 fully saturated rings. The largest absolute Gasteiger partial charge is 0.341 e. The van der Waals surface area contributed by atoms with Crippen molar-refractivity contribution in [3.63, 3.8) is 0 Å². The Kier molecular flexibility index (Phi) is 4.68. The lowest BCUT2D eigenvalue weighted by molar-refractivity contribution is 0.423. The van der Waals surface area contributed by atoms with Crippen molar-refractivity contribution in [1.82, 2.24) is 20.3 Å². The van der Waals surface area contributed by atoms with Crippen molar-refractivity contribution < 1.29 is 0 Å². The molecular weight excluding hydrogens is 278 g/mol. The van der Waals surface area contributed by atoms with Crippen LogP contribution in [-0.2, 0) is 0 Å². The molecule has 0 bridgehead atoms. The molecule has 7 nitrogen and oxygen atoms in total. The number of nitrogens with zero attached hydrogens (tertiary/aromatic N) is 6. The summed E-state index contributed by atoms with van der Waals surface area (Å²) in [5.74, 6) is 1.47. The minimum Gasteiger partial charge on any atom is -0.341 e.